The molecule has 0 aliphatic heterocycles. The van der Waals surface area contributed by atoms with Gasteiger partial charge < -0.3 is 24.4 Å². The van der Waals surface area contributed by atoms with Gasteiger partial charge in [-0.05, 0) is 110 Å². The molecule has 11 atom stereocenters. The molecule has 0 aromatic carbocycles. The van der Waals surface area contributed by atoms with Crippen LogP contribution in [0.5, 0.6) is 0 Å². The molecule has 0 bridgehead atoms. The van der Waals surface area contributed by atoms with E-state index in [-0.39, 0.29) is 12.2 Å². The number of hydrogen-bond donors (Lipinski definition) is 2. The third kappa shape index (κ3) is 5.11. The lowest BCUT2D eigenvalue weighted by molar-refractivity contribution is -0.213. The van der Waals surface area contributed by atoms with Crippen LogP contribution in [0.1, 0.15) is 91.9 Å². The summed E-state index contributed by atoms with van der Waals surface area (Å²) < 4.78 is 16.8. The number of methoxy groups -OCH3 is 1. The molecule has 0 radical (unpaired) electrons. The van der Waals surface area contributed by atoms with E-state index in [0.29, 0.717) is 73.0 Å². The second-order valence-electron chi connectivity index (χ2n) is 13.1. The number of fused-ring (bicyclic) bond motifs is 5. The number of hydrogen-bond acceptors (Lipinski definition) is 5. The molecule has 0 aromatic heterocycles. The van der Waals surface area contributed by atoms with Crippen LogP contribution in [0, 0.1) is 52.3 Å². The molecule has 5 heteroatoms. The van der Waals surface area contributed by atoms with Crippen LogP contribution >= 0.6 is 0 Å². The standard InChI is InChI=1S/C30H54O5/c1-6-22-26-18-21(35-19-34-17-16-33-5)11-13-30(26,4)25-12-14-29(3)23(20(2)8-7-15-31)9-10-24(29)27(25)28(22)32/h20-28,31-32H,6-19H2,1-5H3/t20-,21-,22-,23-,24+,25+,26+,27+,28-,29-,30-/m1/s1. The average Bonchev–Trinajstić information content (AvgIpc) is 3.20. The van der Waals surface area contributed by atoms with E-state index in [1.54, 1.807) is 7.11 Å². The van der Waals surface area contributed by atoms with Crippen molar-refractivity contribution < 1.29 is 24.4 Å². The Labute approximate surface area is 214 Å². The minimum atomic E-state index is -0.184. The summed E-state index contributed by atoms with van der Waals surface area (Å²) in [7, 11) is 1.69. The maximum Gasteiger partial charge on any atom is 0.147 e. The van der Waals surface area contributed by atoms with Gasteiger partial charge in [-0.1, -0.05) is 34.1 Å². The van der Waals surface area contributed by atoms with Gasteiger partial charge in [-0.25, -0.2) is 0 Å². The van der Waals surface area contributed by atoms with Gasteiger partial charge in [0.2, 0.25) is 0 Å². The monoisotopic (exact) mass is 494 g/mol. The summed E-state index contributed by atoms with van der Waals surface area (Å²) in [6.07, 6.45) is 11.7. The molecular weight excluding hydrogens is 440 g/mol. The first-order valence-electron chi connectivity index (χ1n) is 14.8. The van der Waals surface area contributed by atoms with Gasteiger partial charge in [-0.15, -0.1) is 0 Å². The molecular formula is C30H54O5. The second kappa shape index (κ2) is 11.7. The maximum atomic E-state index is 12.0. The van der Waals surface area contributed by atoms with E-state index in [1.165, 1.54) is 32.1 Å². The summed E-state index contributed by atoms with van der Waals surface area (Å²) in [5.41, 5.74) is 0.654. The molecule has 0 heterocycles. The first-order valence-corrected chi connectivity index (χ1v) is 14.8. The fraction of sp³-hybridized carbons (Fsp3) is 1.00. The molecule has 0 amide bonds. The fourth-order valence-corrected chi connectivity index (χ4v) is 10.0. The van der Waals surface area contributed by atoms with E-state index in [2.05, 4.69) is 27.7 Å². The zero-order valence-electron chi connectivity index (χ0n) is 23.2. The van der Waals surface area contributed by atoms with Gasteiger partial charge in [0.1, 0.15) is 6.79 Å². The highest BCUT2D eigenvalue weighted by molar-refractivity contribution is 5.13. The molecule has 2 N–H and O–H groups in total. The lowest BCUT2D eigenvalue weighted by Gasteiger charge is -2.65. The zero-order valence-corrected chi connectivity index (χ0v) is 23.2. The molecule has 0 unspecified atom stereocenters. The summed E-state index contributed by atoms with van der Waals surface area (Å²) >= 11 is 0. The van der Waals surface area contributed by atoms with Crippen LogP contribution in [0.2, 0.25) is 0 Å². The Hall–Kier alpha value is -0.200. The number of aliphatic hydroxyl groups excluding tert-OH is 2. The van der Waals surface area contributed by atoms with Crippen molar-refractivity contribution >= 4 is 0 Å². The summed E-state index contributed by atoms with van der Waals surface area (Å²) in [4.78, 5) is 0. The lowest BCUT2D eigenvalue weighted by atomic mass is 9.41. The lowest BCUT2D eigenvalue weighted by Crippen LogP contribution is -2.62. The number of ether oxygens (including phenoxy) is 3. The largest absolute Gasteiger partial charge is 0.396 e. The van der Waals surface area contributed by atoms with Crippen LogP contribution in [0.25, 0.3) is 0 Å². The SMILES string of the molecule is CC[C@H]1[C@@H](O)[C@@H]2[C@H](CC[C@]3(C)[C@@H]([C@H](C)CCCO)CC[C@@H]23)[C@@]2(C)CC[C@@H](OCOCCOC)C[C@@H]12. The smallest absolute Gasteiger partial charge is 0.147 e. The van der Waals surface area contributed by atoms with Gasteiger partial charge in [0.05, 0.1) is 25.4 Å². The highest BCUT2D eigenvalue weighted by Gasteiger charge is 2.64. The summed E-state index contributed by atoms with van der Waals surface area (Å²) in [5, 5.41) is 21.4. The van der Waals surface area contributed by atoms with Crippen molar-refractivity contribution in [2.75, 3.05) is 33.7 Å². The van der Waals surface area contributed by atoms with Crippen LogP contribution in [0.15, 0.2) is 0 Å². The van der Waals surface area contributed by atoms with E-state index in [9.17, 15) is 10.2 Å². The van der Waals surface area contributed by atoms with E-state index in [1.807, 2.05) is 0 Å². The van der Waals surface area contributed by atoms with Gasteiger partial charge in [-0.3, -0.25) is 0 Å². The van der Waals surface area contributed by atoms with Crippen molar-refractivity contribution in [3.63, 3.8) is 0 Å². The van der Waals surface area contributed by atoms with Crippen molar-refractivity contribution in [3.8, 4) is 0 Å². The van der Waals surface area contributed by atoms with Crippen molar-refractivity contribution in [3.05, 3.63) is 0 Å². The maximum absolute atomic E-state index is 12.0. The van der Waals surface area contributed by atoms with Crippen molar-refractivity contribution in [1.82, 2.24) is 0 Å². The average molecular weight is 495 g/mol. The van der Waals surface area contributed by atoms with Gasteiger partial charge in [0.15, 0.2) is 0 Å². The fourth-order valence-electron chi connectivity index (χ4n) is 10.0. The molecule has 35 heavy (non-hydrogen) atoms. The van der Waals surface area contributed by atoms with Crippen LogP contribution < -0.4 is 0 Å². The topological polar surface area (TPSA) is 68.2 Å². The van der Waals surface area contributed by atoms with Gasteiger partial charge in [0, 0.05) is 13.7 Å². The van der Waals surface area contributed by atoms with E-state index in [4.69, 9.17) is 14.2 Å². The third-order valence-corrected chi connectivity index (χ3v) is 11.8. The van der Waals surface area contributed by atoms with E-state index < -0.39 is 0 Å². The predicted octanol–water partition coefficient (Wildman–Crippen LogP) is 5.67. The molecule has 4 rings (SSSR count). The summed E-state index contributed by atoms with van der Waals surface area (Å²) in [5.74, 6) is 4.03. The van der Waals surface area contributed by atoms with Crippen molar-refractivity contribution in [2.24, 2.45) is 52.3 Å². The highest BCUT2D eigenvalue weighted by atomic mass is 16.7. The molecule has 0 spiro atoms. The van der Waals surface area contributed by atoms with Crippen LogP contribution in [0.4, 0.5) is 0 Å². The van der Waals surface area contributed by atoms with Gasteiger partial charge in [0.25, 0.3) is 0 Å². The Morgan fingerprint density at radius 1 is 0.971 bits per heavy atom. The molecule has 4 aliphatic carbocycles. The molecule has 204 valence electrons. The van der Waals surface area contributed by atoms with Crippen LogP contribution in [-0.2, 0) is 14.2 Å². The van der Waals surface area contributed by atoms with Gasteiger partial charge >= 0.3 is 0 Å². The highest BCUT2D eigenvalue weighted by Crippen LogP contribution is 2.69. The summed E-state index contributed by atoms with van der Waals surface area (Å²) in [6, 6.07) is 0. The van der Waals surface area contributed by atoms with E-state index >= 15 is 0 Å². The minimum Gasteiger partial charge on any atom is -0.396 e. The molecule has 4 fully saturated rings. The summed E-state index contributed by atoms with van der Waals surface area (Å²) in [6.45, 7) is 11.7. The van der Waals surface area contributed by atoms with E-state index in [0.717, 1.165) is 38.0 Å². The zero-order chi connectivity index (χ0) is 25.2. The Balaban J connectivity index is 1.49. The quantitative estimate of drug-likeness (QED) is 0.286. The first kappa shape index (κ1) is 27.8. The molecule has 4 aliphatic rings. The second-order valence-corrected chi connectivity index (χ2v) is 13.1. The molecule has 0 aromatic rings. The predicted molar refractivity (Wildman–Crippen MR) is 139 cm³/mol. The Kier molecular flexibility index (Phi) is 9.28. The molecule has 0 saturated heterocycles. The molecule has 5 nitrogen and oxygen atoms in total. The molecule has 4 saturated carbocycles. The van der Waals surface area contributed by atoms with Crippen molar-refractivity contribution in [2.45, 2.75) is 104 Å². The Morgan fingerprint density at radius 3 is 2.43 bits per heavy atom. The van der Waals surface area contributed by atoms with Gasteiger partial charge in [-0.2, -0.15) is 0 Å². The first-order chi connectivity index (χ1) is 16.8. The minimum absolute atomic E-state index is 0.184. The van der Waals surface area contributed by atoms with Crippen LogP contribution in [0.3, 0.4) is 0 Å². The Morgan fingerprint density at radius 2 is 1.71 bits per heavy atom. The Bertz CT molecular complexity index is 671. The number of rotatable bonds is 11. The third-order valence-electron chi connectivity index (χ3n) is 11.8. The van der Waals surface area contributed by atoms with Crippen LogP contribution in [-0.4, -0.2) is 56.1 Å². The number of aliphatic hydroxyl groups is 2. The normalized spacial score (nSPS) is 46.0. The van der Waals surface area contributed by atoms with Crippen molar-refractivity contribution in [1.29, 1.82) is 0 Å².